The number of hydrogen-bond donors (Lipinski definition) is 0. The van der Waals surface area contributed by atoms with Crippen molar-refractivity contribution in [3.8, 4) is 0 Å². The van der Waals surface area contributed by atoms with E-state index in [2.05, 4.69) is 25.9 Å². The van der Waals surface area contributed by atoms with E-state index in [0.29, 0.717) is 23.3 Å². The molecule has 0 saturated carbocycles. The Hall–Kier alpha value is -2.01. The van der Waals surface area contributed by atoms with E-state index >= 15 is 0 Å². The van der Waals surface area contributed by atoms with Gasteiger partial charge in [-0.3, -0.25) is 0 Å². The third-order valence-electron chi connectivity index (χ3n) is 3.29. The van der Waals surface area contributed by atoms with Crippen molar-refractivity contribution in [3.05, 3.63) is 64.6 Å². The van der Waals surface area contributed by atoms with Crippen LogP contribution in [0.3, 0.4) is 0 Å². The van der Waals surface area contributed by atoms with Gasteiger partial charge in [-0.25, -0.2) is 14.4 Å². The third-order valence-corrected chi connectivity index (χ3v) is 3.82. The molecule has 0 aliphatic carbocycles. The molecule has 0 spiro atoms. The fourth-order valence-electron chi connectivity index (χ4n) is 2.28. The predicted octanol–water partition coefficient (Wildman–Crippen LogP) is 4.17. The number of aromatic nitrogens is 2. The molecule has 3 rings (SSSR count). The van der Waals surface area contributed by atoms with Gasteiger partial charge in [0.25, 0.3) is 0 Å². The number of rotatable bonds is 3. The minimum Gasteiger partial charge on any atom is -0.355 e. The molecule has 0 fully saturated rings. The Labute approximate surface area is 130 Å². The minimum absolute atomic E-state index is 0.300. The molecule has 0 unspecified atom stereocenters. The first-order chi connectivity index (χ1) is 10.1. The zero-order valence-corrected chi connectivity index (χ0v) is 13.0. The maximum absolute atomic E-state index is 14.1. The van der Waals surface area contributed by atoms with Crippen LogP contribution in [0.4, 0.5) is 10.2 Å². The molecule has 3 aromatic rings. The first-order valence-corrected chi connectivity index (χ1v) is 7.29. The van der Waals surface area contributed by atoms with Gasteiger partial charge < -0.3 is 4.90 Å². The second-order valence-corrected chi connectivity index (χ2v) is 5.73. The van der Waals surface area contributed by atoms with E-state index in [9.17, 15) is 4.39 Å². The first kappa shape index (κ1) is 13.9. The molecule has 5 heteroatoms. The van der Waals surface area contributed by atoms with Crippen LogP contribution in [0, 0.1) is 5.82 Å². The Balaban J connectivity index is 1.98. The Kier molecular flexibility index (Phi) is 3.84. The van der Waals surface area contributed by atoms with E-state index < -0.39 is 0 Å². The minimum atomic E-state index is -0.300. The van der Waals surface area contributed by atoms with E-state index in [-0.39, 0.29) is 5.82 Å². The molecule has 0 radical (unpaired) electrons. The number of fused-ring (bicyclic) bond motifs is 1. The molecule has 0 aliphatic heterocycles. The Morgan fingerprint density at radius 2 is 1.86 bits per heavy atom. The molecule has 1 heterocycles. The Morgan fingerprint density at radius 3 is 2.62 bits per heavy atom. The monoisotopic (exact) mass is 345 g/mol. The summed E-state index contributed by atoms with van der Waals surface area (Å²) in [5, 5.41) is 0.458. The normalized spacial score (nSPS) is 10.8. The van der Waals surface area contributed by atoms with Crippen LogP contribution in [0.2, 0.25) is 0 Å². The van der Waals surface area contributed by atoms with Crippen molar-refractivity contribution in [2.45, 2.75) is 6.54 Å². The van der Waals surface area contributed by atoms with Crippen molar-refractivity contribution < 1.29 is 4.39 Å². The first-order valence-electron chi connectivity index (χ1n) is 6.50. The molecular weight excluding hydrogens is 333 g/mol. The smallest absolute Gasteiger partial charge is 0.142 e. The molecule has 0 amide bonds. The van der Waals surface area contributed by atoms with Crippen molar-refractivity contribution in [2.24, 2.45) is 0 Å². The zero-order chi connectivity index (χ0) is 14.8. The summed E-state index contributed by atoms with van der Waals surface area (Å²) in [5.41, 5.74) is 1.74. The highest BCUT2D eigenvalue weighted by Gasteiger charge is 2.12. The van der Waals surface area contributed by atoms with Crippen molar-refractivity contribution >= 4 is 32.7 Å². The van der Waals surface area contributed by atoms with E-state index in [0.717, 1.165) is 10.0 Å². The van der Waals surface area contributed by atoms with E-state index in [1.165, 1.54) is 12.4 Å². The molecule has 2 aromatic carbocycles. The zero-order valence-electron chi connectivity index (χ0n) is 11.4. The molecule has 21 heavy (non-hydrogen) atoms. The Morgan fingerprint density at radius 1 is 1.10 bits per heavy atom. The molecule has 0 bridgehead atoms. The summed E-state index contributed by atoms with van der Waals surface area (Å²) in [4.78, 5) is 10.3. The highest BCUT2D eigenvalue weighted by atomic mass is 79.9. The van der Waals surface area contributed by atoms with Gasteiger partial charge in [0.1, 0.15) is 18.0 Å². The molecule has 0 atom stereocenters. The number of nitrogens with zero attached hydrogens (tertiary/aromatic N) is 3. The van der Waals surface area contributed by atoms with Gasteiger partial charge >= 0.3 is 0 Å². The SMILES string of the molecule is CN(Cc1ccc(Br)cc1)c1ncnc2cccc(F)c12. The van der Waals surface area contributed by atoms with Gasteiger partial charge in [0, 0.05) is 18.1 Å². The molecule has 3 nitrogen and oxygen atoms in total. The quantitative estimate of drug-likeness (QED) is 0.713. The van der Waals surface area contributed by atoms with Crippen LogP contribution >= 0.6 is 15.9 Å². The molecule has 0 aliphatic rings. The lowest BCUT2D eigenvalue weighted by molar-refractivity contribution is 0.638. The summed E-state index contributed by atoms with van der Waals surface area (Å²) in [5.74, 6) is 0.298. The predicted molar refractivity (Wildman–Crippen MR) is 85.7 cm³/mol. The standard InChI is InChI=1S/C16H13BrFN3/c1-21(9-11-5-7-12(17)8-6-11)16-15-13(18)3-2-4-14(15)19-10-20-16/h2-8,10H,9H2,1H3. The average molecular weight is 346 g/mol. The van der Waals surface area contributed by atoms with Gasteiger partial charge in [-0.2, -0.15) is 0 Å². The highest BCUT2D eigenvalue weighted by molar-refractivity contribution is 9.10. The molecule has 106 valence electrons. The molecule has 0 saturated heterocycles. The lowest BCUT2D eigenvalue weighted by Crippen LogP contribution is -2.18. The maximum atomic E-state index is 14.1. The Bertz CT molecular complexity index is 769. The van der Waals surface area contributed by atoms with Gasteiger partial charge in [-0.15, -0.1) is 0 Å². The second-order valence-electron chi connectivity index (χ2n) is 4.81. The lowest BCUT2D eigenvalue weighted by atomic mass is 10.2. The van der Waals surface area contributed by atoms with Crippen LogP contribution in [0.5, 0.6) is 0 Å². The highest BCUT2D eigenvalue weighted by Crippen LogP contribution is 2.25. The van der Waals surface area contributed by atoms with E-state index in [1.807, 2.05) is 36.2 Å². The van der Waals surface area contributed by atoms with Gasteiger partial charge in [0.15, 0.2) is 0 Å². The van der Waals surface area contributed by atoms with Crippen molar-refractivity contribution in [1.82, 2.24) is 9.97 Å². The fraction of sp³-hybridized carbons (Fsp3) is 0.125. The summed E-state index contributed by atoms with van der Waals surface area (Å²) in [6.07, 6.45) is 1.47. The van der Waals surface area contributed by atoms with Crippen LogP contribution < -0.4 is 4.90 Å². The van der Waals surface area contributed by atoms with Gasteiger partial charge in [-0.1, -0.05) is 34.1 Å². The van der Waals surface area contributed by atoms with Gasteiger partial charge in [0.05, 0.1) is 10.9 Å². The van der Waals surface area contributed by atoms with Crippen LogP contribution in [0.25, 0.3) is 10.9 Å². The summed E-state index contributed by atoms with van der Waals surface area (Å²) < 4.78 is 15.1. The van der Waals surface area contributed by atoms with Crippen LogP contribution in [-0.4, -0.2) is 17.0 Å². The van der Waals surface area contributed by atoms with Gasteiger partial charge in [0.2, 0.25) is 0 Å². The van der Waals surface area contributed by atoms with Crippen molar-refractivity contribution in [3.63, 3.8) is 0 Å². The summed E-state index contributed by atoms with van der Waals surface area (Å²) in [7, 11) is 1.90. The lowest BCUT2D eigenvalue weighted by Gasteiger charge is -2.20. The van der Waals surface area contributed by atoms with E-state index in [1.54, 1.807) is 12.1 Å². The number of anilines is 1. The maximum Gasteiger partial charge on any atom is 0.142 e. The summed E-state index contributed by atoms with van der Waals surface area (Å²) >= 11 is 3.41. The van der Waals surface area contributed by atoms with Crippen molar-refractivity contribution in [1.29, 1.82) is 0 Å². The second kappa shape index (κ2) is 5.77. The van der Waals surface area contributed by atoms with Gasteiger partial charge in [-0.05, 0) is 29.8 Å². The van der Waals surface area contributed by atoms with Crippen LogP contribution in [0.1, 0.15) is 5.56 Å². The number of benzene rings is 2. The summed E-state index contributed by atoms with van der Waals surface area (Å²) in [6.45, 7) is 0.647. The van der Waals surface area contributed by atoms with E-state index in [4.69, 9.17) is 0 Å². The third kappa shape index (κ3) is 2.88. The van der Waals surface area contributed by atoms with Crippen LogP contribution in [-0.2, 0) is 6.54 Å². The molecule has 1 aromatic heterocycles. The molecular formula is C16H13BrFN3. The number of hydrogen-bond acceptors (Lipinski definition) is 3. The fourth-order valence-corrected chi connectivity index (χ4v) is 2.54. The average Bonchev–Trinajstić information content (AvgIpc) is 2.49. The van der Waals surface area contributed by atoms with Crippen molar-refractivity contribution in [2.75, 3.05) is 11.9 Å². The van der Waals surface area contributed by atoms with Crippen LogP contribution in [0.15, 0.2) is 53.3 Å². The number of halogens is 2. The molecule has 0 N–H and O–H groups in total. The summed E-state index contributed by atoms with van der Waals surface area (Å²) in [6, 6.07) is 12.9. The topological polar surface area (TPSA) is 29.0 Å². The largest absolute Gasteiger partial charge is 0.355 e.